The molecule has 1 spiro atoms. The number of anilines is 2. The third-order valence-corrected chi connectivity index (χ3v) is 7.68. The highest BCUT2D eigenvalue weighted by molar-refractivity contribution is 7.99. The third-order valence-electron chi connectivity index (χ3n) is 6.62. The van der Waals surface area contributed by atoms with Crippen LogP contribution in [-0.4, -0.2) is 54.1 Å². The molecule has 1 aromatic heterocycles. The molecular weight excluding hydrogens is 424 g/mol. The fourth-order valence-electron chi connectivity index (χ4n) is 4.75. The number of amides is 2. The van der Waals surface area contributed by atoms with Crippen LogP contribution in [0.4, 0.5) is 16.4 Å². The number of rotatable bonds is 1. The van der Waals surface area contributed by atoms with Crippen LogP contribution >= 0.6 is 11.8 Å². The molecule has 2 saturated heterocycles. The standard InChI is InChI=1S/C18H19N5OS.C5H11NO/c24-17-21-13-4-2-1-3-12(13)18(22-17)6-8-23(9-7-18)16-19-11-15-14(20-16)5-10-25-15;6-5-1-3-7-4-2-5/h1-4,11H,5-10H2,(H2,21,22,24);5H,1-4,6H2. The van der Waals surface area contributed by atoms with Crippen LogP contribution in [0.3, 0.4) is 0 Å². The van der Waals surface area contributed by atoms with Gasteiger partial charge in [0.25, 0.3) is 0 Å². The van der Waals surface area contributed by atoms with Crippen molar-refractivity contribution in [3.05, 3.63) is 41.7 Å². The molecule has 2 aromatic rings. The van der Waals surface area contributed by atoms with E-state index in [0.717, 1.165) is 75.8 Å². The van der Waals surface area contributed by atoms with Crippen LogP contribution in [0.2, 0.25) is 0 Å². The number of ether oxygens (including phenoxy) is 1. The van der Waals surface area contributed by atoms with Gasteiger partial charge in [0.2, 0.25) is 5.95 Å². The molecule has 4 N–H and O–H groups in total. The summed E-state index contributed by atoms with van der Waals surface area (Å²) >= 11 is 1.84. The molecular formula is C23H30N6O2S. The van der Waals surface area contributed by atoms with E-state index in [9.17, 15) is 4.79 Å². The number of carbonyl (C=O) groups excluding carboxylic acids is 1. The zero-order valence-electron chi connectivity index (χ0n) is 18.2. The molecule has 170 valence electrons. The summed E-state index contributed by atoms with van der Waals surface area (Å²) in [5.74, 6) is 1.93. The number of aryl methyl sites for hydroxylation is 1. The summed E-state index contributed by atoms with van der Waals surface area (Å²) < 4.78 is 5.06. The highest BCUT2D eigenvalue weighted by Gasteiger charge is 2.42. The van der Waals surface area contributed by atoms with Gasteiger partial charge in [-0.3, -0.25) is 0 Å². The first kappa shape index (κ1) is 21.5. The SMILES string of the molecule is NC1CCOCC1.O=C1Nc2ccccc2C2(CCN(c3ncc4c(n3)CCS4)CC2)N1. The quantitative estimate of drug-likeness (QED) is 0.608. The molecule has 4 aliphatic rings. The number of fused-ring (bicyclic) bond motifs is 3. The summed E-state index contributed by atoms with van der Waals surface area (Å²) in [5.41, 5.74) is 8.54. The van der Waals surface area contributed by atoms with Crippen LogP contribution in [0.15, 0.2) is 35.4 Å². The molecule has 0 radical (unpaired) electrons. The molecule has 8 nitrogen and oxygen atoms in total. The van der Waals surface area contributed by atoms with Gasteiger partial charge >= 0.3 is 6.03 Å². The van der Waals surface area contributed by atoms with E-state index in [1.165, 1.54) is 16.2 Å². The molecule has 5 heterocycles. The normalized spacial score (nSPS) is 21.7. The minimum atomic E-state index is -0.290. The molecule has 4 aliphatic heterocycles. The van der Waals surface area contributed by atoms with Crippen LogP contribution < -0.4 is 21.3 Å². The molecule has 0 bridgehead atoms. The van der Waals surface area contributed by atoms with Crippen molar-refractivity contribution >= 4 is 29.4 Å². The van der Waals surface area contributed by atoms with E-state index in [-0.39, 0.29) is 11.6 Å². The van der Waals surface area contributed by atoms with Crippen molar-refractivity contribution in [3.63, 3.8) is 0 Å². The largest absolute Gasteiger partial charge is 0.381 e. The van der Waals surface area contributed by atoms with E-state index in [1.807, 2.05) is 36.2 Å². The second-order valence-electron chi connectivity index (χ2n) is 8.72. The predicted molar refractivity (Wildman–Crippen MR) is 126 cm³/mol. The first-order valence-corrected chi connectivity index (χ1v) is 12.4. The number of para-hydroxylation sites is 1. The monoisotopic (exact) mass is 454 g/mol. The Labute approximate surface area is 192 Å². The van der Waals surface area contributed by atoms with Gasteiger partial charge in [0, 0.05) is 66.9 Å². The Morgan fingerprint density at radius 2 is 1.97 bits per heavy atom. The molecule has 0 atom stereocenters. The van der Waals surface area contributed by atoms with Gasteiger partial charge in [0.05, 0.1) is 11.2 Å². The number of nitrogens with zero attached hydrogens (tertiary/aromatic N) is 3. The van der Waals surface area contributed by atoms with Gasteiger partial charge in [-0.2, -0.15) is 0 Å². The molecule has 0 aliphatic carbocycles. The van der Waals surface area contributed by atoms with Gasteiger partial charge in [-0.25, -0.2) is 14.8 Å². The van der Waals surface area contributed by atoms with E-state index < -0.39 is 0 Å². The second-order valence-corrected chi connectivity index (χ2v) is 9.86. The van der Waals surface area contributed by atoms with Gasteiger partial charge in [-0.05, 0) is 31.7 Å². The number of hydrogen-bond donors (Lipinski definition) is 3. The number of nitrogens with two attached hydrogens (primary N) is 1. The molecule has 0 unspecified atom stereocenters. The summed E-state index contributed by atoms with van der Waals surface area (Å²) in [6, 6.07) is 8.38. The fourth-order valence-corrected chi connectivity index (χ4v) is 5.71. The minimum Gasteiger partial charge on any atom is -0.381 e. The summed E-state index contributed by atoms with van der Waals surface area (Å²) in [5, 5.41) is 6.09. The van der Waals surface area contributed by atoms with E-state index in [1.54, 1.807) is 0 Å². The number of thioether (sulfide) groups is 1. The summed E-state index contributed by atoms with van der Waals surface area (Å²) in [7, 11) is 0. The Morgan fingerprint density at radius 1 is 1.19 bits per heavy atom. The van der Waals surface area contributed by atoms with Crippen molar-refractivity contribution in [1.82, 2.24) is 15.3 Å². The Bertz CT molecular complexity index is 973. The van der Waals surface area contributed by atoms with Crippen molar-refractivity contribution < 1.29 is 9.53 Å². The van der Waals surface area contributed by atoms with E-state index in [4.69, 9.17) is 15.5 Å². The first-order chi connectivity index (χ1) is 15.6. The predicted octanol–water partition coefficient (Wildman–Crippen LogP) is 2.88. The average Bonchev–Trinajstić information content (AvgIpc) is 3.28. The number of benzene rings is 1. The zero-order chi connectivity index (χ0) is 22.0. The number of carbonyl (C=O) groups is 1. The highest BCUT2D eigenvalue weighted by atomic mass is 32.2. The lowest BCUT2D eigenvalue weighted by atomic mass is 9.79. The van der Waals surface area contributed by atoms with Gasteiger partial charge < -0.3 is 26.0 Å². The zero-order valence-corrected chi connectivity index (χ0v) is 19.0. The molecule has 32 heavy (non-hydrogen) atoms. The second kappa shape index (κ2) is 9.25. The number of nitrogens with one attached hydrogen (secondary N) is 2. The van der Waals surface area contributed by atoms with E-state index in [0.29, 0.717) is 6.04 Å². The minimum absolute atomic E-state index is 0.113. The number of urea groups is 1. The maximum atomic E-state index is 12.1. The lowest BCUT2D eigenvalue weighted by Gasteiger charge is -2.45. The molecule has 2 fully saturated rings. The lowest BCUT2D eigenvalue weighted by Crippen LogP contribution is -2.57. The summed E-state index contributed by atoms with van der Waals surface area (Å²) in [6.07, 6.45) is 6.78. The maximum absolute atomic E-state index is 12.1. The van der Waals surface area contributed by atoms with Crippen molar-refractivity contribution in [2.75, 3.05) is 42.3 Å². The first-order valence-electron chi connectivity index (χ1n) is 11.4. The molecule has 1 aromatic carbocycles. The maximum Gasteiger partial charge on any atom is 0.319 e. The van der Waals surface area contributed by atoms with Crippen molar-refractivity contribution in [3.8, 4) is 0 Å². The molecule has 2 amide bonds. The van der Waals surface area contributed by atoms with Gasteiger partial charge in [0.15, 0.2) is 0 Å². The molecule has 9 heteroatoms. The van der Waals surface area contributed by atoms with Crippen molar-refractivity contribution in [2.24, 2.45) is 5.73 Å². The Kier molecular flexibility index (Phi) is 6.21. The average molecular weight is 455 g/mol. The smallest absolute Gasteiger partial charge is 0.319 e. The van der Waals surface area contributed by atoms with Crippen LogP contribution in [-0.2, 0) is 16.7 Å². The van der Waals surface area contributed by atoms with Crippen molar-refractivity contribution in [2.45, 2.75) is 48.6 Å². The topological polar surface area (TPSA) is 105 Å². The lowest BCUT2D eigenvalue weighted by molar-refractivity contribution is 0.0866. The Hall–Kier alpha value is -2.36. The fraction of sp³-hybridized carbons (Fsp3) is 0.522. The van der Waals surface area contributed by atoms with Gasteiger partial charge in [-0.15, -0.1) is 11.8 Å². The van der Waals surface area contributed by atoms with E-state index in [2.05, 4.69) is 26.6 Å². The van der Waals surface area contributed by atoms with Crippen LogP contribution in [0, 0.1) is 0 Å². The van der Waals surface area contributed by atoms with Gasteiger partial charge in [0.1, 0.15) is 0 Å². The van der Waals surface area contributed by atoms with Crippen LogP contribution in [0.5, 0.6) is 0 Å². The number of hydrogen-bond acceptors (Lipinski definition) is 7. The Morgan fingerprint density at radius 3 is 2.72 bits per heavy atom. The van der Waals surface area contributed by atoms with Gasteiger partial charge in [-0.1, -0.05) is 18.2 Å². The molecule has 6 rings (SSSR count). The summed E-state index contributed by atoms with van der Waals surface area (Å²) in [6.45, 7) is 3.39. The summed E-state index contributed by atoms with van der Waals surface area (Å²) in [4.78, 5) is 24.9. The van der Waals surface area contributed by atoms with Crippen molar-refractivity contribution in [1.29, 1.82) is 0 Å². The highest BCUT2D eigenvalue weighted by Crippen LogP contribution is 2.40. The molecule has 0 saturated carbocycles. The number of piperidine rings is 1. The van der Waals surface area contributed by atoms with Crippen LogP contribution in [0.1, 0.15) is 36.9 Å². The Balaban J connectivity index is 0.000000265. The van der Waals surface area contributed by atoms with Crippen LogP contribution in [0.25, 0.3) is 0 Å². The number of aromatic nitrogens is 2. The van der Waals surface area contributed by atoms with E-state index >= 15 is 0 Å². The third kappa shape index (κ3) is 4.42.